The van der Waals surface area contributed by atoms with Crippen molar-refractivity contribution >= 4 is 38.6 Å². The third-order valence-electron chi connectivity index (χ3n) is 7.57. The minimum Gasteiger partial charge on any atom is -0.486 e. The first kappa shape index (κ1) is 27.7. The van der Waals surface area contributed by atoms with Crippen molar-refractivity contribution in [2.45, 2.75) is 33.2 Å². The number of piperazine rings is 1. The highest BCUT2D eigenvalue weighted by atomic mass is 35.5. The summed E-state index contributed by atoms with van der Waals surface area (Å²) in [6.45, 7) is 5.68. The third kappa shape index (κ3) is 5.96. The number of anilines is 1. The molecule has 1 aliphatic heterocycles. The number of hydrogen-bond acceptors (Lipinski definition) is 8. The summed E-state index contributed by atoms with van der Waals surface area (Å²) in [5.74, 6) is 0.767. The highest BCUT2D eigenvalue weighted by Crippen LogP contribution is 2.45. The smallest absolute Gasteiger partial charge is 0.316 e. The predicted molar refractivity (Wildman–Crippen MR) is 156 cm³/mol. The zero-order valence-electron chi connectivity index (χ0n) is 22.8. The molecule has 13 heteroatoms. The number of halogens is 1. The highest BCUT2D eigenvalue weighted by Gasteiger charge is 2.39. The van der Waals surface area contributed by atoms with E-state index in [1.165, 1.54) is 8.99 Å². The molecule has 0 amide bonds. The summed E-state index contributed by atoms with van der Waals surface area (Å²) in [4.78, 5) is 19.8. The molecule has 0 unspecified atom stereocenters. The molecule has 1 N–H and O–H groups in total. The van der Waals surface area contributed by atoms with Crippen molar-refractivity contribution in [1.29, 1.82) is 0 Å². The number of nitrogens with zero attached hydrogens (tertiary/aromatic N) is 5. The van der Waals surface area contributed by atoms with E-state index in [2.05, 4.69) is 21.7 Å². The van der Waals surface area contributed by atoms with Gasteiger partial charge in [-0.2, -0.15) is 27.2 Å². The molecule has 1 aliphatic carbocycles. The van der Waals surface area contributed by atoms with Crippen LogP contribution >= 0.6 is 11.6 Å². The summed E-state index contributed by atoms with van der Waals surface area (Å²) in [5, 5.41) is 4.90. The van der Waals surface area contributed by atoms with Crippen LogP contribution in [0, 0.1) is 12.3 Å². The first-order valence-corrected chi connectivity index (χ1v) is 15.3. The third-order valence-corrected chi connectivity index (χ3v) is 9.36. The second-order valence-electron chi connectivity index (χ2n) is 10.9. The Morgan fingerprint density at radius 3 is 2.63 bits per heavy atom. The summed E-state index contributed by atoms with van der Waals surface area (Å²) in [6.07, 6.45) is 3.70. The number of hydrogen-bond donors (Lipinski definition) is 1. The van der Waals surface area contributed by atoms with Gasteiger partial charge in [0.2, 0.25) is 5.75 Å². The Balaban J connectivity index is 1.17. The van der Waals surface area contributed by atoms with Gasteiger partial charge >= 0.3 is 5.56 Å². The van der Waals surface area contributed by atoms with Crippen LogP contribution in [0.25, 0.3) is 16.8 Å². The largest absolute Gasteiger partial charge is 0.486 e. The van der Waals surface area contributed by atoms with E-state index in [4.69, 9.17) is 20.8 Å². The van der Waals surface area contributed by atoms with E-state index in [0.29, 0.717) is 47.6 Å². The Morgan fingerprint density at radius 1 is 1.12 bits per heavy atom. The fourth-order valence-electron chi connectivity index (χ4n) is 4.82. The Kier molecular flexibility index (Phi) is 7.26. The quantitative estimate of drug-likeness (QED) is 0.310. The summed E-state index contributed by atoms with van der Waals surface area (Å²) in [6, 6.07) is 12.3. The predicted octanol–water partition coefficient (Wildman–Crippen LogP) is 3.67. The lowest BCUT2D eigenvalue weighted by Gasteiger charge is -2.35. The summed E-state index contributed by atoms with van der Waals surface area (Å²) < 4.78 is 43.3. The van der Waals surface area contributed by atoms with Crippen LogP contribution in [0.2, 0.25) is 5.02 Å². The zero-order valence-corrected chi connectivity index (χ0v) is 24.4. The van der Waals surface area contributed by atoms with E-state index in [0.717, 1.165) is 23.9 Å². The molecule has 0 atom stereocenters. The van der Waals surface area contributed by atoms with Gasteiger partial charge in [0.15, 0.2) is 11.5 Å². The number of nitrogens with one attached hydrogen (secondary N) is 1. The molecule has 2 aromatic heterocycles. The lowest BCUT2D eigenvalue weighted by Crippen LogP contribution is -2.52. The molecule has 216 valence electrons. The van der Waals surface area contributed by atoms with Gasteiger partial charge in [-0.3, -0.25) is 4.79 Å². The number of oxazole rings is 1. The summed E-state index contributed by atoms with van der Waals surface area (Å²) in [5.41, 5.74) is 2.89. The molecule has 11 nitrogen and oxygen atoms in total. The molecule has 41 heavy (non-hydrogen) atoms. The van der Waals surface area contributed by atoms with Crippen molar-refractivity contribution < 1.29 is 17.6 Å². The second kappa shape index (κ2) is 10.8. The molecule has 2 aliphatic rings. The average Bonchev–Trinajstić information content (AvgIpc) is 3.57. The van der Waals surface area contributed by atoms with Crippen molar-refractivity contribution in [2.75, 3.05) is 37.7 Å². The Hall–Kier alpha value is -3.45. The molecular formula is C28H31ClN6O5S. The molecule has 0 spiro atoms. The van der Waals surface area contributed by atoms with E-state index in [-0.39, 0.29) is 36.4 Å². The van der Waals surface area contributed by atoms with Gasteiger partial charge in [-0.1, -0.05) is 30.7 Å². The number of fused-ring (bicyclic) bond motifs is 1. The van der Waals surface area contributed by atoms with Crippen LogP contribution in [0.1, 0.15) is 31.2 Å². The van der Waals surface area contributed by atoms with Crippen molar-refractivity contribution in [3.05, 3.63) is 75.5 Å². The molecule has 1 saturated carbocycles. The van der Waals surface area contributed by atoms with Crippen LogP contribution in [0.15, 0.2) is 57.9 Å². The van der Waals surface area contributed by atoms with Crippen molar-refractivity contribution in [3.8, 4) is 11.4 Å². The molecule has 0 radical (unpaired) electrons. The summed E-state index contributed by atoms with van der Waals surface area (Å²) >= 11 is 6.15. The second-order valence-corrected chi connectivity index (χ2v) is 13.1. The van der Waals surface area contributed by atoms with Crippen LogP contribution in [0.5, 0.6) is 5.75 Å². The van der Waals surface area contributed by atoms with Crippen molar-refractivity contribution in [1.82, 2.24) is 23.8 Å². The molecular weight excluding hydrogens is 568 g/mol. The van der Waals surface area contributed by atoms with Gasteiger partial charge in [-0.25, -0.2) is 4.98 Å². The Bertz CT molecular complexity index is 1760. The normalized spacial score (nSPS) is 17.2. The lowest BCUT2D eigenvalue weighted by molar-refractivity contribution is 0.242. The maximum atomic E-state index is 13.6. The minimum absolute atomic E-state index is 0.0587. The monoisotopic (exact) mass is 598 g/mol. The van der Waals surface area contributed by atoms with E-state index in [9.17, 15) is 13.2 Å². The van der Waals surface area contributed by atoms with Gasteiger partial charge in [0.05, 0.1) is 18.5 Å². The highest BCUT2D eigenvalue weighted by molar-refractivity contribution is 7.87. The molecule has 2 fully saturated rings. The standard InChI is InChI=1S/C28H31ClN6O5S/c1-19-32-23-7-6-20(14-25(23)40-19)16-31-41(37,38)34-12-10-33(11-13-34)24-17-30-35(22-5-3-4-21(29)15-22)27(36)26(24)39-18-28(2)8-9-28/h3-7,14-15,17,31H,8-13,16,18H2,1-2H3. The molecule has 0 bridgehead atoms. The van der Waals surface area contributed by atoms with E-state index >= 15 is 0 Å². The topological polar surface area (TPSA) is 123 Å². The number of aryl methyl sites for hydroxylation is 1. The van der Waals surface area contributed by atoms with Crippen molar-refractivity contribution in [3.63, 3.8) is 0 Å². The van der Waals surface area contributed by atoms with Gasteiger partial charge in [-0.05, 0) is 48.7 Å². The Labute approximate surface area is 242 Å². The lowest BCUT2D eigenvalue weighted by atomic mass is 10.2. The summed E-state index contributed by atoms with van der Waals surface area (Å²) in [7, 11) is -3.74. The fraction of sp³-hybridized carbons (Fsp3) is 0.393. The molecule has 1 saturated heterocycles. The zero-order chi connectivity index (χ0) is 28.8. The first-order valence-electron chi connectivity index (χ1n) is 13.5. The van der Waals surface area contributed by atoms with Gasteiger partial charge in [0, 0.05) is 50.1 Å². The fourth-order valence-corrected chi connectivity index (χ4v) is 6.18. The van der Waals surface area contributed by atoms with Gasteiger partial charge < -0.3 is 14.1 Å². The van der Waals surface area contributed by atoms with Crippen LogP contribution < -0.4 is 19.9 Å². The Morgan fingerprint density at radius 2 is 1.90 bits per heavy atom. The number of ether oxygens (including phenoxy) is 1. The minimum atomic E-state index is -3.74. The average molecular weight is 599 g/mol. The maximum absolute atomic E-state index is 13.6. The van der Waals surface area contributed by atoms with E-state index in [1.807, 2.05) is 17.0 Å². The van der Waals surface area contributed by atoms with Crippen LogP contribution in [0.4, 0.5) is 5.69 Å². The van der Waals surface area contributed by atoms with E-state index in [1.54, 1.807) is 43.5 Å². The number of rotatable bonds is 9. The molecule has 2 aromatic carbocycles. The van der Waals surface area contributed by atoms with Crippen molar-refractivity contribution in [2.24, 2.45) is 5.41 Å². The maximum Gasteiger partial charge on any atom is 0.316 e. The van der Waals surface area contributed by atoms with Crippen LogP contribution in [0.3, 0.4) is 0 Å². The molecule has 3 heterocycles. The number of benzene rings is 2. The van der Waals surface area contributed by atoms with E-state index < -0.39 is 10.2 Å². The SMILES string of the molecule is Cc1nc2ccc(CNS(=O)(=O)N3CCN(c4cnn(-c5cccc(Cl)c5)c(=O)c4OCC4(C)CC4)CC3)cc2o1. The van der Waals surface area contributed by atoms with Gasteiger partial charge in [0.1, 0.15) is 11.2 Å². The van der Waals surface area contributed by atoms with Crippen LogP contribution in [-0.2, 0) is 16.8 Å². The van der Waals surface area contributed by atoms with Gasteiger partial charge in [0.25, 0.3) is 10.2 Å². The van der Waals surface area contributed by atoms with Crippen LogP contribution in [-0.4, -0.2) is 60.3 Å². The molecule has 6 rings (SSSR count). The first-order chi connectivity index (χ1) is 19.6. The van der Waals surface area contributed by atoms with Gasteiger partial charge in [-0.15, -0.1) is 0 Å². The molecule has 4 aromatic rings. The number of aromatic nitrogens is 3.